The maximum Gasteiger partial charge on any atom is 0.291 e. The normalized spacial score (nSPS) is 10.6. The number of benzene rings is 1. The second kappa shape index (κ2) is 6.73. The van der Waals surface area contributed by atoms with E-state index in [1.54, 1.807) is 12.1 Å². The van der Waals surface area contributed by atoms with Crippen LogP contribution in [-0.2, 0) is 0 Å². The Bertz CT molecular complexity index is 786. The van der Waals surface area contributed by atoms with Crippen LogP contribution in [0.25, 0.3) is 5.69 Å². The third-order valence-electron chi connectivity index (χ3n) is 2.97. The van der Waals surface area contributed by atoms with Crippen LogP contribution in [0.1, 0.15) is 6.92 Å². The van der Waals surface area contributed by atoms with Crippen LogP contribution in [0.3, 0.4) is 0 Å². The smallest absolute Gasteiger partial charge is 0.291 e. The highest BCUT2D eigenvalue weighted by Crippen LogP contribution is 2.27. The Balaban J connectivity index is 2.44. The fourth-order valence-corrected chi connectivity index (χ4v) is 2.60. The molecule has 1 aromatic carbocycles. The molecule has 0 amide bonds. The molecule has 7 heteroatoms. The Morgan fingerprint density at radius 3 is 2.59 bits per heavy atom. The molecule has 0 atom stereocenters. The molecule has 0 N–H and O–H groups in total. The van der Waals surface area contributed by atoms with Crippen LogP contribution in [0.2, 0.25) is 15.1 Å². The van der Waals surface area contributed by atoms with E-state index in [2.05, 4.69) is 11.7 Å². The van der Waals surface area contributed by atoms with Gasteiger partial charge in [0, 0.05) is 13.6 Å². The zero-order valence-corrected chi connectivity index (χ0v) is 14.4. The van der Waals surface area contributed by atoms with E-state index in [0.717, 1.165) is 15.9 Å². The minimum atomic E-state index is -0.492. The van der Waals surface area contributed by atoms with Crippen molar-refractivity contribution in [1.29, 1.82) is 0 Å². The monoisotopic (exact) mass is 357 g/mol. The molecule has 0 saturated carbocycles. The first-order valence-corrected chi connectivity index (χ1v) is 7.53. The first-order chi connectivity index (χ1) is 10.3. The van der Waals surface area contributed by atoms with Crippen LogP contribution >= 0.6 is 34.8 Å². The molecule has 0 aliphatic carbocycles. The first kappa shape index (κ1) is 16.9. The van der Waals surface area contributed by atoms with Crippen molar-refractivity contribution in [2.45, 2.75) is 6.92 Å². The van der Waals surface area contributed by atoms with E-state index in [4.69, 9.17) is 34.8 Å². The summed E-state index contributed by atoms with van der Waals surface area (Å²) in [5, 5.41) is 4.52. The van der Waals surface area contributed by atoms with Crippen LogP contribution in [0.15, 0.2) is 41.3 Å². The zero-order chi connectivity index (χ0) is 16.4. The lowest BCUT2D eigenvalue weighted by Gasteiger charge is -2.21. The average molecular weight is 359 g/mol. The van der Waals surface area contributed by atoms with Crippen molar-refractivity contribution in [2.24, 2.45) is 0 Å². The number of likely N-dealkylation sites (N-methyl/N-ethyl adjacent to an activating group) is 1. The zero-order valence-electron chi connectivity index (χ0n) is 12.1. The van der Waals surface area contributed by atoms with Gasteiger partial charge in [-0.05, 0) is 25.1 Å². The molecule has 0 saturated heterocycles. The van der Waals surface area contributed by atoms with Crippen molar-refractivity contribution in [3.05, 3.63) is 62.0 Å². The van der Waals surface area contributed by atoms with Gasteiger partial charge < -0.3 is 4.90 Å². The van der Waals surface area contributed by atoms with E-state index < -0.39 is 5.56 Å². The minimum Gasteiger partial charge on any atom is -0.369 e. The third-order valence-corrected chi connectivity index (χ3v) is 4.02. The summed E-state index contributed by atoms with van der Waals surface area (Å²) in [7, 11) is 1.92. The summed E-state index contributed by atoms with van der Waals surface area (Å²) in [4.78, 5) is 14.1. The molecule has 1 heterocycles. The molecule has 2 rings (SSSR count). The van der Waals surface area contributed by atoms with Crippen LogP contribution in [0.4, 0.5) is 5.69 Å². The molecule has 0 bridgehead atoms. The van der Waals surface area contributed by atoms with Crippen LogP contribution in [-0.4, -0.2) is 23.4 Å². The van der Waals surface area contributed by atoms with E-state index >= 15 is 0 Å². The highest BCUT2D eigenvalue weighted by atomic mass is 35.5. The standard InChI is InChI=1S/C15H14Cl3N3O/c1-9(2)8-20(3)13-5-4-10(6-11(13)16)21-15(22)14(18)12(17)7-19-21/h4-7H,1,8H2,2-3H3. The lowest BCUT2D eigenvalue weighted by Crippen LogP contribution is -2.22. The second-order valence-corrected chi connectivity index (χ2v) is 6.16. The number of hydrogen-bond donors (Lipinski definition) is 0. The Hall–Kier alpha value is -1.49. The molecule has 2 aromatic rings. The van der Waals surface area contributed by atoms with Crippen LogP contribution in [0.5, 0.6) is 0 Å². The van der Waals surface area contributed by atoms with Gasteiger partial charge in [0.15, 0.2) is 0 Å². The minimum absolute atomic E-state index is 0.0729. The topological polar surface area (TPSA) is 38.1 Å². The number of nitrogens with zero attached hydrogens (tertiary/aromatic N) is 3. The summed E-state index contributed by atoms with van der Waals surface area (Å²) >= 11 is 17.9. The lowest BCUT2D eigenvalue weighted by molar-refractivity contribution is 0.807. The number of rotatable bonds is 4. The first-order valence-electron chi connectivity index (χ1n) is 6.40. The van der Waals surface area contributed by atoms with Crippen molar-refractivity contribution >= 4 is 40.5 Å². The van der Waals surface area contributed by atoms with Gasteiger partial charge in [0.05, 0.1) is 27.6 Å². The van der Waals surface area contributed by atoms with Crippen molar-refractivity contribution in [1.82, 2.24) is 9.78 Å². The fraction of sp³-hybridized carbons (Fsp3) is 0.200. The van der Waals surface area contributed by atoms with E-state index in [-0.39, 0.29) is 10.0 Å². The van der Waals surface area contributed by atoms with Crippen molar-refractivity contribution in [3.63, 3.8) is 0 Å². The van der Waals surface area contributed by atoms with Gasteiger partial charge >= 0.3 is 0 Å². The third kappa shape index (κ3) is 3.46. The van der Waals surface area contributed by atoms with Gasteiger partial charge in [-0.1, -0.05) is 47.0 Å². The van der Waals surface area contributed by atoms with Gasteiger partial charge in [-0.2, -0.15) is 9.78 Å². The summed E-state index contributed by atoms with van der Waals surface area (Å²) in [5.41, 5.74) is 1.88. The van der Waals surface area contributed by atoms with Gasteiger partial charge in [-0.25, -0.2) is 0 Å². The molecule has 0 aliphatic heterocycles. The Labute approximate surface area is 143 Å². The predicted molar refractivity (Wildman–Crippen MR) is 92.9 cm³/mol. The van der Waals surface area contributed by atoms with Crippen LogP contribution in [0, 0.1) is 0 Å². The highest BCUT2D eigenvalue weighted by Gasteiger charge is 2.12. The average Bonchev–Trinajstić information content (AvgIpc) is 2.44. The summed E-state index contributed by atoms with van der Waals surface area (Å²) in [6.07, 6.45) is 1.32. The molecule has 22 heavy (non-hydrogen) atoms. The van der Waals surface area contributed by atoms with E-state index in [1.165, 1.54) is 6.20 Å². The maximum absolute atomic E-state index is 12.1. The van der Waals surface area contributed by atoms with E-state index in [1.807, 2.05) is 24.9 Å². The lowest BCUT2D eigenvalue weighted by atomic mass is 10.2. The number of halogens is 3. The number of hydrogen-bond acceptors (Lipinski definition) is 3. The number of anilines is 1. The SMILES string of the molecule is C=C(C)CN(C)c1ccc(-n2ncc(Cl)c(Cl)c2=O)cc1Cl. The van der Waals surface area contributed by atoms with Gasteiger partial charge in [-0.15, -0.1) is 0 Å². The highest BCUT2D eigenvalue weighted by molar-refractivity contribution is 6.41. The number of aromatic nitrogens is 2. The summed E-state index contributed by atoms with van der Waals surface area (Å²) in [5.74, 6) is 0. The van der Waals surface area contributed by atoms with Gasteiger partial charge in [0.2, 0.25) is 0 Å². The van der Waals surface area contributed by atoms with E-state index in [9.17, 15) is 4.79 Å². The van der Waals surface area contributed by atoms with Gasteiger partial charge in [-0.3, -0.25) is 4.79 Å². The Morgan fingerprint density at radius 2 is 2.00 bits per heavy atom. The molecule has 0 radical (unpaired) electrons. The molecule has 0 fully saturated rings. The molecular formula is C15H14Cl3N3O. The summed E-state index contributed by atoms with van der Waals surface area (Å²) in [6, 6.07) is 5.22. The van der Waals surface area contributed by atoms with Gasteiger partial charge in [0.25, 0.3) is 5.56 Å². The van der Waals surface area contributed by atoms with Crippen molar-refractivity contribution in [2.75, 3.05) is 18.5 Å². The van der Waals surface area contributed by atoms with Gasteiger partial charge in [0.1, 0.15) is 5.02 Å². The van der Waals surface area contributed by atoms with Crippen LogP contribution < -0.4 is 10.5 Å². The quantitative estimate of drug-likeness (QED) is 0.769. The van der Waals surface area contributed by atoms with E-state index in [0.29, 0.717) is 17.3 Å². The van der Waals surface area contributed by atoms with Crippen molar-refractivity contribution < 1.29 is 0 Å². The molecule has 4 nitrogen and oxygen atoms in total. The second-order valence-electron chi connectivity index (χ2n) is 4.97. The maximum atomic E-state index is 12.1. The summed E-state index contributed by atoms with van der Waals surface area (Å²) in [6.45, 7) is 6.50. The molecular weight excluding hydrogens is 345 g/mol. The largest absolute Gasteiger partial charge is 0.369 e. The molecule has 0 aliphatic rings. The molecule has 0 spiro atoms. The Kier molecular flexibility index (Phi) is 5.16. The predicted octanol–water partition coefficient (Wildman–Crippen LogP) is 4.21. The molecule has 0 unspecified atom stereocenters. The molecule has 116 valence electrons. The summed E-state index contributed by atoms with van der Waals surface area (Å²) < 4.78 is 1.16. The molecule has 1 aromatic heterocycles. The fourth-order valence-electron chi connectivity index (χ4n) is 2.02. The Morgan fingerprint density at radius 1 is 1.32 bits per heavy atom. The van der Waals surface area contributed by atoms with Crippen molar-refractivity contribution in [3.8, 4) is 5.69 Å².